The quantitative estimate of drug-likeness (QED) is 0.635. The number of fused-ring (bicyclic) bond motifs is 1. The van der Waals surface area contributed by atoms with Crippen LogP contribution in [0, 0.1) is 0 Å². The third-order valence-electron chi connectivity index (χ3n) is 4.97. The van der Waals surface area contributed by atoms with E-state index in [-0.39, 0.29) is 5.95 Å². The van der Waals surface area contributed by atoms with E-state index in [9.17, 15) is 0 Å². The molecular formula is C19H25N7O. The summed E-state index contributed by atoms with van der Waals surface area (Å²) in [6, 6.07) is 10.00. The van der Waals surface area contributed by atoms with Gasteiger partial charge in [-0.15, -0.1) is 0 Å². The van der Waals surface area contributed by atoms with Gasteiger partial charge in [0.2, 0.25) is 11.9 Å². The van der Waals surface area contributed by atoms with Gasteiger partial charge in [0.25, 0.3) is 0 Å². The van der Waals surface area contributed by atoms with Crippen LogP contribution in [0.1, 0.15) is 44.2 Å². The average Bonchev–Trinajstić information content (AvgIpc) is 3.08. The van der Waals surface area contributed by atoms with E-state index in [1.807, 2.05) is 37.3 Å². The molecule has 0 aliphatic heterocycles. The van der Waals surface area contributed by atoms with Crippen LogP contribution in [0.5, 0.6) is 5.75 Å². The molecule has 3 aromatic rings. The summed E-state index contributed by atoms with van der Waals surface area (Å²) in [6.45, 7) is 2.60. The van der Waals surface area contributed by atoms with Crippen molar-refractivity contribution >= 4 is 23.2 Å². The first-order chi connectivity index (χ1) is 13.1. The summed E-state index contributed by atoms with van der Waals surface area (Å²) >= 11 is 0. The maximum absolute atomic E-state index is 6.03. The van der Waals surface area contributed by atoms with Crippen molar-refractivity contribution < 1.29 is 4.74 Å². The van der Waals surface area contributed by atoms with Crippen LogP contribution >= 0.6 is 0 Å². The number of hydrogen-bond acceptors (Lipinski definition) is 7. The molecule has 0 spiro atoms. The van der Waals surface area contributed by atoms with Gasteiger partial charge in [-0.3, -0.25) is 0 Å². The van der Waals surface area contributed by atoms with Crippen LogP contribution in [0.3, 0.4) is 0 Å². The third kappa shape index (κ3) is 3.80. The highest BCUT2D eigenvalue weighted by atomic mass is 16.5. The molecule has 1 aliphatic carbocycles. The fourth-order valence-electron chi connectivity index (χ4n) is 3.55. The van der Waals surface area contributed by atoms with Gasteiger partial charge in [0.15, 0.2) is 5.65 Å². The van der Waals surface area contributed by atoms with Crippen molar-refractivity contribution in [2.75, 3.05) is 17.7 Å². The van der Waals surface area contributed by atoms with Crippen LogP contribution in [-0.2, 0) is 0 Å². The number of nitrogens with two attached hydrogens (primary N) is 2. The largest absolute Gasteiger partial charge is 0.494 e. The summed E-state index contributed by atoms with van der Waals surface area (Å²) in [4.78, 5) is 8.66. The molecule has 8 nitrogen and oxygen atoms in total. The third-order valence-corrected chi connectivity index (χ3v) is 4.97. The van der Waals surface area contributed by atoms with E-state index < -0.39 is 0 Å². The van der Waals surface area contributed by atoms with Crippen molar-refractivity contribution in [3.05, 3.63) is 36.0 Å². The Morgan fingerprint density at radius 2 is 1.89 bits per heavy atom. The van der Waals surface area contributed by atoms with Crippen LogP contribution in [0.2, 0.25) is 0 Å². The Labute approximate surface area is 157 Å². The van der Waals surface area contributed by atoms with E-state index in [1.54, 1.807) is 4.52 Å². The summed E-state index contributed by atoms with van der Waals surface area (Å²) in [5.41, 5.74) is 14.5. The van der Waals surface area contributed by atoms with Gasteiger partial charge in [-0.05, 0) is 56.9 Å². The Hall–Kier alpha value is -2.87. The minimum atomic E-state index is 0.216. The lowest BCUT2D eigenvalue weighted by Gasteiger charge is -2.24. The van der Waals surface area contributed by atoms with Gasteiger partial charge in [0, 0.05) is 23.7 Å². The van der Waals surface area contributed by atoms with E-state index >= 15 is 0 Å². The first-order valence-electron chi connectivity index (χ1n) is 9.41. The Morgan fingerprint density at radius 1 is 1.15 bits per heavy atom. The minimum Gasteiger partial charge on any atom is -0.494 e. The van der Waals surface area contributed by atoms with Crippen LogP contribution in [-0.4, -0.2) is 32.2 Å². The zero-order valence-electron chi connectivity index (χ0n) is 15.4. The number of benzene rings is 1. The number of rotatable bonds is 5. The number of ether oxygens (including phenoxy) is 1. The molecule has 1 aliphatic rings. The van der Waals surface area contributed by atoms with Crippen molar-refractivity contribution in [2.45, 2.75) is 44.6 Å². The second-order valence-electron chi connectivity index (χ2n) is 6.94. The SMILES string of the molecule is CCOc1ccc(Nc2nc(N)nc3cc(C4CCC(N)CC4)nn23)cc1. The summed E-state index contributed by atoms with van der Waals surface area (Å²) in [6.07, 6.45) is 4.17. The molecule has 0 unspecified atom stereocenters. The van der Waals surface area contributed by atoms with Crippen molar-refractivity contribution in [2.24, 2.45) is 5.73 Å². The van der Waals surface area contributed by atoms with Gasteiger partial charge in [-0.25, -0.2) is 0 Å². The fourth-order valence-corrected chi connectivity index (χ4v) is 3.55. The molecule has 0 radical (unpaired) electrons. The van der Waals surface area contributed by atoms with E-state index in [1.165, 1.54) is 0 Å². The lowest BCUT2D eigenvalue weighted by Crippen LogP contribution is -2.25. The molecule has 5 N–H and O–H groups in total. The molecule has 2 aromatic heterocycles. The highest BCUT2D eigenvalue weighted by Gasteiger charge is 2.23. The van der Waals surface area contributed by atoms with Crippen molar-refractivity contribution in [3.63, 3.8) is 0 Å². The Bertz CT molecular complexity index is 914. The summed E-state index contributed by atoms with van der Waals surface area (Å²) in [7, 11) is 0. The molecular weight excluding hydrogens is 342 g/mol. The summed E-state index contributed by atoms with van der Waals surface area (Å²) in [5, 5.41) is 8.03. The first-order valence-corrected chi connectivity index (χ1v) is 9.41. The molecule has 8 heteroatoms. The maximum atomic E-state index is 6.03. The van der Waals surface area contributed by atoms with Crippen LogP contribution < -0.4 is 21.5 Å². The van der Waals surface area contributed by atoms with Gasteiger partial charge in [0.05, 0.1) is 12.3 Å². The Kier molecular flexibility index (Phi) is 4.81. The molecule has 2 heterocycles. The first kappa shape index (κ1) is 17.5. The van der Waals surface area contributed by atoms with Crippen molar-refractivity contribution in [3.8, 4) is 5.75 Å². The highest BCUT2D eigenvalue weighted by Crippen LogP contribution is 2.32. The van der Waals surface area contributed by atoms with E-state index in [0.717, 1.165) is 42.8 Å². The Balaban J connectivity index is 1.62. The summed E-state index contributed by atoms with van der Waals surface area (Å²) in [5.74, 6) is 1.99. The number of nitrogens with zero attached hydrogens (tertiary/aromatic N) is 4. The zero-order valence-corrected chi connectivity index (χ0v) is 15.4. The molecule has 142 valence electrons. The monoisotopic (exact) mass is 367 g/mol. The lowest BCUT2D eigenvalue weighted by atomic mass is 9.84. The normalized spacial score (nSPS) is 19.9. The minimum absolute atomic E-state index is 0.216. The van der Waals surface area contributed by atoms with Gasteiger partial charge in [-0.1, -0.05) is 0 Å². The second-order valence-corrected chi connectivity index (χ2v) is 6.94. The molecule has 0 amide bonds. The molecule has 1 aromatic carbocycles. The predicted octanol–water partition coefficient (Wildman–Crippen LogP) is 2.83. The molecule has 0 bridgehead atoms. The zero-order chi connectivity index (χ0) is 18.8. The second kappa shape index (κ2) is 7.40. The maximum Gasteiger partial charge on any atom is 0.233 e. The number of nitrogen functional groups attached to an aromatic ring is 1. The van der Waals surface area contributed by atoms with Crippen molar-refractivity contribution in [1.29, 1.82) is 0 Å². The number of hydrogen-bond donors (Lipinski definition) is 3. The highest BCUT2D eigenvalue weighted by molar-refractivity contribution is 5.59. The smallest absolute Gasteiger partial charge is 0.233 e. The molecule has 0 saturated heterocycles. The van der Waals surface area contributed by atoms with Gasteiger partial charge < -0.3 is 21.5 Å². The number of nitrogens with one attached hydrogen (secondary N) is 1. The predicted molar refractivity (Wildman–Crippen MR) is 105 cm³/mol. The molecule has 1 saturated carbocycles. The van der Waals surface area contributed by atoms with E-state index in [4.69, 9.17) is 21.3 Å². The lowest BCUT2D eigenvalue weighted by molar-refractivity contribution is 0.340. The molecule has 0 atom stereocenters. The Morgan fingerprint density at radius 3 is 2.59 bits per heavy atom. The number of aromatic nitrogens is 4. The molecule has 4 rings (SSSR count). The topological polar surface area (TPSA) is 116 Å². The fraction of sp³-hybridized carbons (Fsp3) is 0.421. The van der Waals surface area contributed by atoms with Crippen LogP contribution in [0.25, 0.3) is 5.65 Å². The van der Waals surface area contributed by atoms with Gasteiger partial charge in [-0.2, -0.15) is 19.6 Å². The standard InChI is InChI=1S/C19H25N7O/c1-2-27-15-9-7-14(8-10-15)22-19-24-18(21)23-17-11-16(25-26(17)19)12-3-5-13(20)6-4-12/h7-13H,2-6,20H2,1H3,(H3,21,22,23,24). The van der Waals surface area contributed by atoms with E-state index in [0.29, 0.717) is 30.2 Å². The van der Waals surface area contributed by atoms with Gasteiger partial charge >= 0.3 is 0 Å². The average molecular weight is 367 g/mol. The molecule has 1 fully saturated rings. The van der Waals surface area contributed by atoms with E-state index in [2.05, 4.69) is 15.3 Å². The number of anilines is 3. The summed E-state index contributed by atoms with van der Waals surface area (Å²) < 4.78 is 7.20. The van der Waals surface area contributed by atoms with Crippen LogP contribution in [0.4, 0.5) is 17.6 Å². The van der Waals surface area contributed by atoms with Crippen molar-refractivity contribution in [1.82, 2.24) is 19.6 Å². The van der Waals surface area contributed by atoms with Gasteiger partial charge in [0.1, 0.15) is 5.75 Å². The molecule has 27 heavy (non-hydrogen) atoms. The van der Waals surface area contributed by atoms with Crippen LogP contribution in [0.15, 0.2) is 30.3 Å².